The Kier molecular flexibility index (Phi) is 2.24. The van der Waals surface area contributed by atoms with Gasteiger partial charge in [0, 0.05) is 19.1 Å². The third-order valence-electron chi connectivity index (χ3n) is 3.19. The van der Waals surface area contributed by atoms with E-state index in [1.54, 1.807) is 4.90 Å². The van der Waals surface area contributed by atoms with Crippen molar-refractivity contribution in [3.63, 3.8) is 0 Å². The Morgan fingerprint density at radius 2 is 2.07 bits per heavy atom. The molecule has 0 aromatic carbocycles. The molecule has 1 saturated heterocycles. The molecule has 0 radical (unpaired) electrons. The van der Waals surface area contributed by atoms with Gasteiger partial charge in [0.05, 0.1) is 0 Å². The molecular formula is C9H13F2NO3. The summed E-state index contributed by atoms with van der Waals surface area (Å²) in [6, 6.07) is 0.267. The Bertz CT molecular complexity index is 293. The number of alkyl halides is 2. The molecule has 0 amide bonds. The monoisotopic (exact) mass is 221 g/mol. The Morgan fingerprint density at radius 1 is 1.47 bits per heavy atom. The molecule has 0 spiro atoms. The van der Waals surface area contributed by atoms with Crippen LogP contribution in [-0.2, 0) is 4.79 Å². The molecule has 1 aliphatic carbocycles. The number of hydrogen-bond donors (Lipinski definition) is 2. The molecule has 2 fully saturated rings. The van der Waals surface area contributed by atoms with Crippen LogP contribution in [0.1, 0.15) is 19.3 Å². The van der Waals surface area contributed by atoms with Crippen molar-refractivity contribution in [1.82, 2.24) is 4.90 Å². The van der Waals surface area contributed by atoms with Crippen LogP contribution < -0.4 is 0 Å². The second kappa shape index (κ2) is 3.12. The number of carboxylic acids is 1. The zero-order valence-electron chi connectivity index (χ0n) is 8.12. The smallest absolute Gasteiger partial charge is 0.377 e. The molecule has 2 rings (SSSR count). The highest BCUT2D eigenvalue weighted by molar-refractivity contribution is 5.77. The highest BCUT2D eigenvalue weighted by atomic mass is 19.3. The summed E-state index contributed by atoms with van der Waals surface area (Å²) in [5.74, 6) is -6.31. The maximum absolute atomic E-state index is 13.2. The topological polar surface area (TPSA) is 60.8 Å². The van der Waals surface area contributed by atoms with Gasteiger partial charge in [-0.2, -0.15) is 8.78 Å². The number of hydrogen-bond acceptors (Lipinski definition) is 3. The number of halogens is 2. The summed E-state index contributed by atoms with van der Waals surface area (Å²) >= 11 is 0. The van der Waals surface area contributed by atoms with E-state index in [4.69, 9.17) is 5.11 Å². The fourth-order valence-electron chi connectivity index (χ4n) is 2.03. The third kappa shape index (κ3) is 1.61. The zero-order valence-corrected chi connectivity index (χ0v) is 8.12. The van der Waals surface area contributed by atoms with Crippen LogP contribution in [0.2, 0.25) is 0 Å². The van der Waals surface area contributed by atoms with Gasteiger partial charge < -0.3 is 10.2 Å². The first kappa shape index (κ1) is 10.8. The van der Waals surface area contributed by atoms with Gasteiger partial charge in [0.25, 0.3) is 0 Å². The molecule has 0 aromatic heterocycles. The number of aliphatic carboxylic acids is 1. The number of likely N-dealkylation sites (tertiary alicyclic amines) is 1. The van der Waals surface area contributed by atoms with Crippen LogP contribution in [-0.4, -0.2) is 51.7 Å². The van der Waals surface area contributed by atoms with Gasteiger partial charge in [-0.25, -0.2) is 4.79 Å². The van der Waals surface area contributed by atoms with Crippen LogP contribution in [0, 0.1) is 0 Å². The number of aliphatic hydroxyl groups is 1. The largest absolute Gasteiger partial charge is 0.477 e. The summed E-state index contributed by atoms with van der Waals surface area (Å²) in [7, 11) is 0. The molecule has 1 atom stereocenters. The van der Waals surface area contributed by atoms with Crippen molar-refractivity contribution < 1.29 is 23.8 Å². The number of β-amino-alcohol motifs (C(OH)–C–C–N with tert-alkyl or cyclic N) is 1. The maximum Gasteiger partial charge on any atom is 0.377 e. The fourth-order valence-corrected chi connectivity index (χ4v) is 2.03. The van der Waals surface area contributed by atoms with Crippen molar-refractivity contribution in [2.45, 2.75) is 36.8 Å². The lowest BCUT2D eigenvalue weighted by Crippen LogP contribution is -2.55. The third-order valence-corrected chi connectivity index (χ3v) is 3.19. The molecule has 1 aliphatic heterocycles. The van der Waals surface area contributed by atoms with Crippen molar-refractivity contribution in [2.24, 2.45) is 0 Å². The molecule has 2 N–H and O–H groups in total. The van der Waals surface area contributed by atoms with Gasteiger partial charge in [-0.15, -0.1) is 0 Å². The molecular weight excluding hydrogens is 208 g/mol. The molecule has 1 unspecified atom stereocenters. The lowest BCUT2D eigenvalue weighted by molar-refractivity contribution is -0.205. The Balaban J connectivity index is 2.10. The van der Waals surface area contributed by atoms with E-state index >= 15 is 0 Å². The minimum Gasteiger partial charge on any atom is -0.477 e. The van der Waals surface area contributed by atoms with Gasteiger partial charge in [0.1, 0.15) is 0 Å². The molecule has 0 aromatic rings. The van der Waals surface area contributed by atoms with Crippen molar-refractivity contribution in [2.75, 3.05) is 13.1 Å². The molecule has 4 nitrogen and oxygen atoms in total. The van der Waals surface area contributed by atoms with Crippen LogP contribution >= 0.6 is 0 Å². The van der Waals surface area contributed by atoms with E-state index in [0.29, 0.717) is 6.54 Å². The van der Waals surface area contributed by atoms with Gasteiger partial charge in [-0.1, -0.05) is 0 Å². The number of carboxylic acid groups (broad SMARTS) is 1. The summed E-state index contributed by atoms with van der Waals surface area (Å²) in [6.45, 7) is 0.112. The van der Waals surface area contributed by atoms with Crippen molar-refractivity contribution in [1.29, 1.82) is 0 Å². The van der Waals surface area contributed by atoms with E-state index in [9.17, 15) is 18.7 Å². The minimum atomic E-state index is -4.06. The summed E-state index contributed by atoms with van der Waals surface area (Å²) in [4.78, 5) is 12.1. The van der Waals surface area contributed by atoms with Gasteiger partial charge in [0.2, 0.25) is 0 Å². The SMILES string of the molecule is O=C(O)C(F)(F)C1(O)CCN(C2CC2)C1. The Morgan fingerprint density at radius 3 is 2.53 bits per heavy atom. The van der Waals surface area contributed by atoms with Crippen molar-refractivity contribution in [3.05, 3.63) is 0 Å². The summed E-state index contributed by atoms with van der Waals surface area (Å²) in [6.07, 6.45) is 1.73. The van der Waals surface area contributed by atoms with Crippen molar-refractivity contribution >= 4 is 5.97 Å². The zero-order chi connectivity index (χ0) is 11.3. The molecule has 15 heavy (non-hydrogen) atoms. The Hall–Kier alpha value is -0.750. The fraction of sp³-hybridized carbons (Fsp3) is 0.889. The van der Waals surface area contributed by atoms with Crippen molar-refractivity contribution in [3.8, 4) is 0 Å². The quantitative estimate of drug-likeness (QED) is 0.719. The van der Waals surface area contributed by atoms with Crippen LogP contribution in [0.5, 0.6) is 0 Å². The summed E-state index contributed by atoms with van der Waals surface area (Å²) < 4.78 is 26.4. The first-order valence-electron chi connectivity index (χ1n) is 4.94. The first-order chi connectivity index (χ1) is 6.87. The van der Waals surface area contributed by atoms with Gasteiger partial charge in [-0.3, -0.25) is 4.90 Å². The molecule has 2 aliphatic rings. The normalized spacial score (nSPS) is 33.3. The van der Waals surface area contributed by atoms with Gasteiger partial charge in [-0.05, 0) is 19.3 Å². The standard InChI is InChI=1S/C9H13F2NO3/c10-9(11,7(13)14)8(15)3-4-12(5-8)6-1-2-6/h6,15H,1-5H2,(H,13,14). The van der Waals surface area contributed by atoms with E-state index in [2.05, 4.69) is 0 Å². The van der Waals surface area contributed by atoms with Gasteiger partial charge in [0.15, 0.2) is 5.60 Å². The summed E-state index contributed by atoms with van der Waals surface area (Å²) in [5, 5.41) is 18.0. The average Bonchev–Trinajstić information content (AvgIpc) is 2.90. The molecule has 0 bridgehead atoms. The maximum atomic E-state index is 13.2. The minimum absolute atomic E-state index is 0.178. The van der Waals surface area contributed by atoms with Crippen LogP contribution in [0.25, 0.3) is 0 Å². The highest BCUT2D eigenvalue weighted by Gasteiger charge is 2.62. The molecule has 86 valence electrons. The van der Waals surface area contributed by atoms with E-state index in [-0.39, 0.29) is 19.0 Å². The predicted molar refractivity (Wildman–Crippen MR) is 46.7 cm³/mol. The molecule has 1 heterocycles. The van der Waals surface area contributed by atoms with Gasteiger partial charge >= 0.3 is 11.9 Å². The van der Waals surface area contributed by atoms with Crippen LogP contribution in [0.3, 0.4) is 0 Å². The Labute approximate surface area is 85.5 Å². The lowest BCUT2D eigenvalue weighted by atomic mass is 9.95. The lowest BCUT2D eigenvalue weighted by Gasteiger charge is -2.29. The second-order valence-corrected chi connectivity index (χ2v) is 4.36. The second-order valence-electron chi connectivity index (χ2n) is 4.36. The van der Waals surface area contributed by atoms with E-state index in [1.165, 1.54) is 0 Å². The van der Waals surface area contributed by atoms with E-state index in [0.717, 1.165) is 12.8 Å². The number of carbonyl (C=O) groups is 1. The average molecular weight is 221 g/mol. The number of nitrogens with zero attached hydrogens (tertiary/aromatic N) is 1. The molecule has 6 heteroatoms. The van der Waals surface area contributed by atoms with Crippen LogP contribution in [0.4, 0.5) is 8.78 Å². The summed E-state index contributed by atoms with van der Waals surface area (Å²) in [5.41, 5.74) is -2.40. The van der Waals surface area contributed by atoms with E-state index in [1.807, 2.05) is 0 Å². The van der Waals surface area contributed by atoms with E-state index < -0.39 is 17.5 Å². The van der Waals surface area contributed by atoms with Crippen LogP contribution in [0.15, 0.2) is 0 Å². The number of rotatable bonds is 3. The highest BCUT2D eigenvalue weighted by Crippen LogP contribution is 2.40. The first-order valence-corrected chi connectivity index (χ1v) is 4.94. The molecule has 1 saturated carbocycles. The predicted octanol–water partition coefficient (Wildman–Crippen LogP) is 0.306.